The number of thiophene rings is 1. The van der Waals surface area contributed by atoms with Crippen molar-refractivity contribution in [2.75, 3.05) is 7.11 Å². The quantitative estimate of drug-likeness (QED) is 0.546. The largest absolute Gasteiger partial charge is 0.497 e. The number of ether oxygens (including phenoxy) is 2. The number of hydrogen-bond donors (Lipinski definition) is 2. The van der Waals surface area contributed by atoms with Gasteiger partial charge < -0.3 is 19.8 Å². The van der Waals surface area contributed by atoms with Crippen molar-refractivity contribution < 1.29 is 19.1 Å². The summed E-state index contributed by atoms with van der Waals surface area (Å²) in [5.74, 6) is 0.228. The Hall–Kier alpha value is -3.20. The monoisotopic (exact) mass is 441 g/mol. The van der Waals surface area contributed by atoms with Gasteiger partial charge in [0, 0.05) is 11.8 Å². The zero-order chi connectivity index (χ0) is 22.0. The molecule has 4 rings (SSSR count). The highest BCUT2D eigenvalue weighted by molar-refractivity contribution is 7.18. The SMILES string of the molecule is COc1ccc([C@H](CC(=O)OCc2nc3sc4c(c3c(=O)[nH]2)CCC4)NC(C)=O)cc1. The predicted octanol–water partition coefficient (Wildman–Crippen LogP) is 2.79. The van der Waals surface area contributed by atoms with Crippen LogP contribution in [0.5, 0.6) is 5.75 Å². The molecule has 0 saturated heterocycles. The fourth-order valence-corrected chi connectivity index (χ4v) is 5.10. The van der Waals surface area contributed by atoms with Gasteiger partial charge in [0.1, 0.15) is 23.0 Å². The molecule has 0 bridgehead atoms. The summed E-state index contributed by atoms with van der Waals surface area (Å²) in [6.07, 6.45) is 2.91. The zero-order valence-electron chi connectivity index (χ0n) is 17.3. The lowest BCUT2D eigenvalue weighted by Gasteiger charge is -2.18. The highest BCUT2D eigenvalue weighted by Gasteiger charge is 2.22. The predicted molar refractivity (Wildman–Crippen MR) is 116 cm³/mol. The molecule has 1 amide bonds. The maximum atomic E-state index is 12.5. The number of aromatic amines is 1. The number of aryl methyl sites for hydroxylation is 2. The van der Waals surface area contributed by atoms with Crippen LogP contribution in [0.15, 0.2) is 29.1 Å². The number of nitrogens with one attached hydrogen (secondary N) is 2. The first kappa shape index (κ1) is 21.0. The summed E-state index contributed by atoms with van der Waals surface area (Å²) < 4.78 is 10.5. The van der Waals surface area contributed by atoms with Gasteiger partial charge >= 0.3 is 5.97 Å². The van der Waals surface area contributed by atoms with Crippen LogP contribution in [-0.2, 0) is 33.8 Å². The molecule has 8 nitrogen and oxygen atoms in total. The summed E-state index contributed by atoms with van der Waals surface area (Å²) in [6.45, 7) is 1.26. The van der Waals surface area contributed by atoms with Crippen molar-refractivity contribution in [3.8, 4) is 5.75 Å². The number of rotatable bonds is 7. The van der Waals surface area contributed by atoms with Crippen molar-refractivity contribution in [1.29, 1.82) is 0 Å². The lowest BCUT2D eigenvalue weighted by molar-refractivity contribution is -0.146. The van der Waals surface area contributed by atoms with Crippen molar-refractivity contribution in [2.24, 2.45) is 0 Å². The average Bonchev–Trinajstić information content (AvgIpc) is 3.32. The van der Waals surface area contributed by atoms with Crippen LogP contribution in [0, 0.1) is 0 Å². The van der Waals surface area contributed by atoms with Crippen molar-refractivity contribution >= 4 is 33.4 Å². The molecule has 0 fully saturated rings. The molecule has 1 aliphatic carbocycles. The van der Waals surface area contributed by atoms with E-state index in [1.807, 2.05) is 0 Å². The van der Waals surface area contributed by atoms with Crippen LogP contribution in [0.2, 0.25) is 0 Å². The maximum absolute atomic E-state index is 12.5. The third-order valence-electron chi connectivity index (χ3n) is 5.26. The fourth-order valence-electron chi connectivity index (χ4n) is 3.82. The molecular weight excluding hydrogens is 418 g/mol. The number of carbonyl (C=O) groups is 2. The van der Waals surface area contributed by atoms with E-state index in [0.29, 0.717) is 21.8 Å². The van der Waals surface area contributed by atoms with Crippen molar-refractivity contribution in [3.05, 3.63) is 56.4 Å². The molecule has 162 valence electrons. The molecule has 2 aromatic heterocycles. The topological polar surface area (TPSA) is 110 Å². The first-order valence-electron chi connectivity index (χ1n) is 10.0. The second-order valence-electron chi connectivity index (χ2n) is 7.44. The highest BCUT2D eigenvalue weighted by atomic mass is 32.1. The second kappa shape index (κ2) is 8.89. The number of esters is 1. The number of fused-ring (bicyclic) bond motifs is 3. The third-order valence-corrected chi connectivity index (χ3v) is 6.45. The first-order valence-corrected chi connectivity index (χ1v) is 10.9. The molecule has 3 aromatic rings. The van der Waals surface area contributed by atoms with Crippen LogP contribution in [0.4, 0.5) is 0 Å². The molecule has 0 aliphatic heterocycles. The molecule has 0 saturated carbocycles. The van der Waals surface area contributed by atoms with Crippen molar-refractivity contribution in [1.82, 2.24) is 15.3 Å². The lowest BCUT2D eigenvalue weighted by Crippen LogP contribution is -2.28. The smallest absolute Gasteiger partial charge is 0.308 e. The van der Waals surface area contributed by atoms with E-state index in [-0.39, 0.29) is 24.5 Å². The van der Waals surface area contributed by atoms with Gasteiger partial charge in [-0.1, -0.05) is 12.1 Å². The van der Waals surface area contributed by atoms with Crippen LogP contribution in [-0.4, -0.2) is 29.0 Å². The van der Waals surface area contributed by atoms with E-state index in [4.69, 9.17) is 9.47 Å². The summed E-state index contributed by atoms with van der Waals surface area (Å²) in [4.78, 5) is 45.7. The van der Waals surface area contributed by atoms with Gasteiger partial charge in [-0.3, -0.25) is 14.4 Å². The number of H-pyrrole nitrogens is 1. The van der Waals surface area contributed by atoms with Crippen LogP contribution >= 0.6 is 11.3 Å². The van der Waals surface area contributed by atoms with Crippen LogP contribution in [0.1, 0.15) is 47.6 Å². The first-order chi connectivity index (χ1) is 14.9. The van der Waals surface area contributed by atoms with E-state index >= 15 is 0 Å². The van der Waals surface area contributed by atoms with E-state index in [2.05, 4.69) is 15.3 Å². The molecular formula is C22H23N3O5S. The zero-order valence-corrected chi connectivity index (χ0v) is 18.1. The van der Waals surface area contributed by atoms with Gasteiger partial charge in [0.15, 0.2) is 0 Å². The van der Waals surface area contributed by atoms with Gasteiger partial charge in [-0.2, -0.15) is 0 Å². The Labute approximate surface area is 182 Å². The highest BCUT2D eigenvalue weighted by Crippen LogP contribution is 2.34. The number of nitrogens with zero attached hydrogens (tertiary/aromatic N) is 1. The van der Waals surface area contributed by atoms with E-state index in [1.54, 1.807) is 31.4 Å². The Kier molecular flexibility index (Phi) is 6.03. The standard InChI is InChI=1S/C22H23N3O5S/c1-12(26)23-16(13-6-8-14(29-2)9-7-13)10-19(27)30-11-18-24-21(28)20-15-4-3-5-17(15)31-22(20)25-18/h6-9,16H,3-5,10-11H2,1-2H3,(H,23,26)(H,24,25,28)/t16-/m0/s1. The molecule has 9 heteroatoms. The molecule has 2 N–H and O–H groups in total. The summed E-state index contributed by atoms with van der Waals surface area (Å²) in [6, 6.07) is 6.56. The van der Waals surface area contributed by atoms with Gasteiger partial charge in [0.05, 0.1) is 25.0 Å². The normalized spacial score (nSPS) is 13.6. The molecule has 31 heavy (non-hydrogen) atoms. The lowest BCUT2D eigenvalue weighted by atomic mass is 10.0. The summed E-state index contributed by atoms with van der Waals surface area (Å²) in [7, 11) is 1.57. The van der Waals surface area contributed by atoms with E-state index in [9.17, 15) is 14.4 Å². The Morgan fingerprint density at radius 3 is 2.74 bits per heavy atom. The number of benzene rings is 1. The van der Waals surface area contributed by atoms with Gasteiger partial charge in [-0.05, 0) is 42.5 Å². The molecule has 1 aromatic carbocycles. The molecule has 0 radical (unpaired) electrons. The van der Waals surface area contributed by atoms with Crippen molar-refractivity contribution in [3.63, 3.8) is 0 Å². The summed E-state index contributed by atoms with van der Waals surface area (Å²) in [5, 5.41) is 3.43. The molecule has 1 atom stereocenters. The minimum Gasteiger partial charge on any atom is -0.497 e. The molecule has 1 aliphatic rings. The number of hydrogen-bond acceptors (Lipinski definition) is 7. The summed E-state index contributed by atoms with van der Waals surface area (Å²) in [5.41, 5.74) is 1.67. The Balaban J connectivity index is 1.44. The van der Waals surface area contributed by atoms with Gasteiger partial charge in [0.25, 0.3) is 5.56 Å². The maximum Gasteiger partial charge on any atom is 0.308 e. The Morgan fingerprint density at radius 1 is 1.26 bits per heavy atom. The van der Waals surface area contributed by atoms with Crippen LogP contribution < -0.4 is 15.6 Å². The van der Waals surface area contributed by atoms with Gasteiger partial charge in [0.2, 0.25) is 5.91 Å². The average molecular weight is 442 g/mol. The van der Waals surface area contributed by atoms with Crippen LogP contribution in [0.3, 0.4) is 0 Å². The third kappa shape index (κ3) is 4.61. The Morgan fingerprint density at radius 2 is 2.03 bits per heavy atom. The number of methoxy groups -OCH3 is 1. The van der Waals surface area contributed by atoms with Crippen LogP contribution in [0.25, 0.3) is 10.2 Å². The molecule has 0 spiro atoms. The second-order valence-corrected chi connectivity index (χ2v) is 8.52. The van der Waals surface area contributed by atoms with E-state index in [0.717, 1.165) is 30.4 Å². The van der Waals surface area contributed by atoms with Crippen molar-refractivity contribution in [2.45, 2.75) is 45.3 Å². The van der Waals surface area contributed by atoms with E-state index in [1.165, 1.54) is 23.1 Å². The van der Waals surface area contributed by atoms with E-state index < -0.39 is 12.0 Å². The number of carbonyl (C=O) groups excluding carboxylic acids is 2. The molecule has 0 unspecified atom stereocenters. The number of amides is 1. The molecule has 2 heterocycles. The minimum absolute atomic E-state index is 0.0499. The Bertz CT molecular complexity index is 1180. The number of aromatic nitrogens is 2. The van der Waals surface area contributed by atoms with Gasteiger partial charge in [-0.25, -0.2) is 4.98 Å². The fraction of sp³-hybridized carbons (Fsp3) is 0.364. The van der Waals surface area contributed by atoms with Gasteiger partial charge in [-0.15, -0.1) is 11.3 Å². The minimum atomic E-state index is -0.536. The summed E-state index contributed by atoms with van der Waals surface area (Å²) >= 11 is 1.54.